The fourth-order valence-electron chi connectivity index (χ4n) is 4.15. The number of anilines is 2. The van der Waals surface area contributed by atoms with Crippen molar-refractivity contribution in [1.82, 2.24) is 9.88 Å². The topological polar surface area (TPSA) is 83.6 Å². The molecular formula is C25H32N4O2. The predicted molar refractivity (Wildman–Crippen MR) is 126 cm³/mol. The molecule has 1 aliphatic heterocycles. The summed E-state index contributed by atoms with van der Waals surface area (Å²) >= 11 is 0. The molecule has 0 bridgehead atoms. The fraction of sp³-hybridized carbons (Fsp3) is 0.400. The molecule has 6 nitrogen and oxygen atoms in total. The van der Waals surface area contributed by atoms with E-state index in [9.17, 15) is 5.11 Å². The van der Waals surface area contributed by atoms with Crippen LogP contribution in [0, 0.1) is 5.92 Å². The third-order valence-corrected chi connectivity index (χ3v) is 6.11. The van der Waals surface area contributed by atoms with Gasteiger partial charge in [-0.05, 0) is 92.2 Å². The number of likely N-dealkylation sites (tertiary alicyclic amines) is 1. The van der Waals surface area contributed by atoms with Crippen LogP contribution in [-0.2, 0) is 13.0 Å². The number of hydrogen-bond donors (Lipinski definition) is 3. The van der Waals surface area contributed by atoms with Crippen molar-refractivity contribution in [2.45, 2.75) is 25.8 Å². The van der Waals surface area contributed by atoms with Gasteiger partial charge in [-0.15, -0.1) is 0 Å². The molecule has 4 N–H and O–H groups in total. The number of nitrogen functional groups attached to an aromatic ring is 1. The molecule has 0 atom stereocenters. The summed E-state index contributed by atoms with van der Waals surface area (Å²) in [6, 6.07) is 14.4. The second kappa shape index (κ2) is 9.98. The molecule has 0 unspecified atom stereocenters. The normalized spacial score (nSPS) is 15.3. The van der Waals surface area contributed by atoms with Crippen molar-refractivity contribution in [2.75, 3.05) is 44.4 Å². The summed E-state index contributed by atoms with van der Waals surface area (Å²) < 4.78 is 6.17. The van der Waals surface area contributed by atoms with Crippen LogP contribution < -0.4 is 15.8 Å². The van der Waals surface area contributed by atoms with E-state index in [-0.39, 0.29) is 6.61 Å². The minimum atomic E-state index is 0.105. The Bertz CT molecular complexity index is 1020. The van der Waals surface area contributed by atoms with E-state index in [1.165, 1.54) is 18.4 Å². The van der Waals surface area contributed by atoms with Gasteiger partial charge in [-0.2, -0.15) is 0 Å². The third kappa shape index (κ3) is 5.46. The molecule has 0 spiro atoms. The summed E-state index contributed by atoms with van der Waals surface area (Å²) in [5.41, 5.74) is 9.18. The average molecular weight is 421 g/mol. The number of nitrogens with one attached hydrogen (secondary N) is 1. The minimum absolute atomic E-state index is 0.105. The molecule has 1 saturated heterocycles. The predicted octanol–water partition coefficient (Wildman–Crippen LogP) is 3.68. The minimum Gasteiger partial charge on any atom is -0.493 e. The molecule has 1 aliphatic rings. The van der Waals surface area contributed by atoms with Crippen molar-refractivity contribution < 1.29 is 9.84 Å². The number of hydrogen-bond acceptors (Lipinski definition) is 6. The quantitative estimate of drug-likeness (QED) is 0.516. The van der Waals surface area contributed by atoms with Gasteiger partial charge in [0.05, 0.1) is 6.61 Å². The zero-order valence-corrected chi connectivity index (χ0v) is 18.2. The smallest absolute Gasteiger partial charge is 0.131 e. The standard InChI is InChI=1S/C25H32N4O2/c1-29-11-7-18(8-12-29)17-31-24-5-3-22(15-21(24)9-13-30)28-16-19-2-4-23-20(14-19)6-10-27-25(23)26/h2-6,10,14-15,18,28,30H,7-9,11-13,16-17H2,1H3,(H2,26,27). The summed E-state index contributed by atoms with van der Waals surface area (Å²) in [7, 11) is 2.17. The van der Waals surface area contributed by atoms with E-state index >= 15 is 0 Å². The first-order valence-corrected chi connectivity index (χ1v) is 11.0. The molecule has 6 heteroatoms. The lowest BCUT2D eigenvalue weighted by Crippen LogP contribution is -2.32. The van der Waals surface area contributed by atoms with Crippen LogP contribution in [0.15, 0.2) is 48.7 Å². The van der Waals surface area contributed by atoms with Crippen LogP contribution in [0.4, 0.5) is 11.5 Å². The second-order valence-electron chi connectivity index (χ2n) is 8.46. The van der Waals surface area contributed by atoms with Crippen molar-refractivity contribution in [1.29, 1.82) is 0 Å². The van der Waals surface area contributed by atoms with Gasteiger partial charge in [0.25, 0.3) is 0 Å². The Morgan fingerprint density at radius 1 is 1.16 bits per heavy atom. The number of aromatic nitrogens is 1. The lowest BCUT2D eigenvalue weighted by molar-refractivity contribution is 0.159. The van der Waals surface area contributed by atoms with Gasteiger partial charge < -0.3 is 25.8 Å². The summed E-state index contributed by atoms with van der Waals surface area (Å²) in [6.07, 6.45) is 4.68. The molecule has 164 valence electrons. The number of benzene rings is 2. The van der Waals surface area contributed by atoms with Gasteiger partial charge >= 0.3 is 0 Å². The van der Waals surface area contributed by atoms with Gasteiger partial charge in [0.1, 0.15) is 11.6 Å². The number of ether oxygens (including phenoxy) is 1. The Hall–Kier alpha value is -2.83. The van der Waals surface area contributed by atoms with Crippen LogP contribution in [-0.4, -0.2) is 48.3 Å². The molecular weight excluding hydrogens is 388 g/mol. The molecule has 4 rings (SSSR count). The number of fused-ring (bicyclic) bond motifs is 1. The molecule has 2 heterocycles. The van der Waals surface area contributed by atoms with Crippen molar-refractivity contribution in [3.05, 3.63) is 59.8 Å². The van der Waals surface area contributed by atoms with Crippen LogP contribution in [0.2, 0.25) is 0 Å². The lowest BCUT2D eigenvalue weighted by atomic mass is 9.98. The van der Waals surface area contributed by atoms with Crippen molar-refractivity contribution in [3.8, 4) is 5.75 Å². The summed E-state index contributed by atoms with van der Waals surface area (Å²) in [5, 5.41) is 15.1. The molecule has 0 saturated carbocycles. The summed E-state index contributed by atoms with van der Waals surface area (Å²) in [4.78, 5) is 6.51. The maximum atomic E-state index is 9.52. The maximum Gasteiger partial charge on any atom is 0.131 e. The van der Waals surface area contributed by atoms with E-state index in [1.807, 2.05) is 24.3 Å². The zero-order valence-electron chi connectivity index (χ0n) is 18.2. The first-order valence-electron chi connectivity index (χ1n) is 11.0. The second-order valence-corrected chi connectivity index (χ2v) is 8.46. The van der Waals surface area contributed by atoms with E-state index in [1.54, 1.807) is 6.20 Å². The van der Waals surface area contributed by atoms with Crippen LogP contribution in [0.5, 0.6) is 5.75 Å². The van der Waals surface area contributed by atoms with Gasteiger partial charge in [0.15, 0.2) is 0 Å². The highest BCUT2D eigenvalue weighted by molar-refractivity contribution is 5.91. The Morgan fingerprint density at radius 2 is 2.00 bits per heavy atom. The maximum absolute atomic E-state index is 9.52. The van der Waals surface area contributed by atoms with Crippen molar-refractivity contribution >= 4 is 22.3 Å². The highest BCUT2D eigenvalue weighted by atomic mass is 16.5. The number of nitrogens with two attached hydrogens (primary N) is 1. The molecule has 1 fully saturated rings. The molecule has 0 aliphatic carbocycles. The largest absolute Gasteiger partial charge is 0.493 e. The molecule has 31 heavy (non-hydrogen) atoms. The van der Waals surface area contributed by atoms with E-state index in [0.29, 0.717) is 24.7 Å². The van der Waals surface area contributed by atoms with E-state index in [0.717, 1.165) is 47.5 Å². The summed E-state index contributed by atoms with van der Waals surface area (Å²) in [6.45, 7) is 3.82. The Morgan fingerprint density at radius 3 is 2.81 bits per heavy atom. The van der Waals surface area contributed by atoms with Gasteiger partial charge in [-0.3, -0.25) is 0 Å². The van der Waals surface area contributed by atoms with Crippen LogP contribution in [0.1, 0.15) is 24.0 Å². The van der Waals surface area contributed by atoms with Crippen molar-refractivity contribution in [3.63, 3.8) is 0 Å². The third-order valence-electron chi connectivity index (χ3n) is 6.11. The first kappa shape index (κ1) is 21.4. The average Bonchev–Trinajstić information content (AvgIpc) is 2.78. The summed E-state index contributed by atoms with van der Waals surface area (Å²) in [5.74, 6) is 2.04. The number of aliphatic hydroxyl groups is 1. The monoisotopic (exact) mass is 420 g/mol. The highest BCUT2D eigenvalue weighted by Gasteiger charge is 2.18. The Balaban J connectivity index is 1.40. The van der Waals surface area contributed by atoms with Gasteiger partial charge in [0, 0.05) is 30.4 Å². The molecule has 0 radical (unpaired) electrons. The van der Waals surface area contributed by atoms with E-state index < -0.39 is 0 Å². The van der Waals surface area contributed by atoms with Crippen LogP contribution in [0.25, 0.3) is 10.8 Å². The molecule has 0 amide bonds. The number of rotatable bonds is 8. The van der Waals surface area contributed by atoms with Gasteiger partial charge in [-0.25, -0.2) is 4.98 Å². The SMILES string of the molecule is CN1CCC(COc2ccc(NCc3ccc4c(N)nccc4c3)cc2CCO)CC1. The lowest BCUT2D eigenvalue weighted by Gasteiger charge is -2.29. The van der Waals surface area contributed by atoms with Gasteiger partial charge in [-0.1, -0.05) is 12.1 Å². The van der Waals surface area contributed by atoms with Gasteiger partial charge in [0.2, 0.25) is 0 Å². The number of nitrogens with zero attached hydrogens (tertiary/aromatic N) is 2. The van der Waals surface area contributed by atoms with Crippen LogP contribution in [0.3, 0.4) is 0 Å². The first-order chi connectivity index (χ1) is 15.1. The molecule has 3 aromatic rings. The number of aliphatic hydroxyl groups excluding tert-OH is 1. The highest BCUT2D eigenvalue weighted by Crippen LogP contribution is 2.26. The fourth-order valence-corrected chi connectivity index (χ4v) is 4.15. The zero-order chi connectivity index (χ0) is 21.6. The number of piperidine rings is 1. The van der Waals surface area contributed by atoms with Crippen LogP contribution >= 0.6 is 0 Å². The number of pyridine rings is 1. The molecule has 2 aromatic carbocycles. The Labute approximate surface area is 184 Å². The Kier molecular flexibility index (Phi) is 6.89. The van der Waals surface area contributed by atoms with E-state index in [4.69, 9.17) is 10.5 Å². The molecule has 1 aromatic heterocycles. The van der Waals surface area contributed by atoms with E-state index in [2.05, 4.69) is 40.4 Å². The van der Waals surface area contributed by atoms with Crippen molar-refractivity contribution in [2.24, 2.45) is 5.92 Å².